The van der Waals surface area contributed by atoms with Crippen LogP contribution in [-0.2, 0) is 27.7 Å². The van der Waals surface area contributed by atoms with E-state index in [2.05, 4.69) is 5.10 Å². The topological polar surface area (TPSA) is 78.3 Å². The third-order valence-corrected chi connectivity index (χ3v) is 3.40. The molecule has 0 aliphatic carbocycles. The predicted molar refractivity (Wildman–Crippen MR) is 63.0 cm³/mol. The van der Waals surface area contributed by atoms with Gasteiger partial charge in [-0.25, -0.2) is 8.42 Å². The maximum Gasteiger partial charge on any atom is 0.155 e. The average molecular weight is 281 g/mol. The maximum absolute atomic E-state index is 11.0. The maximum atomic E-state index is 11.0. The standard InChI is InChI=1S/C9H13ClN2O4S/c1-16-6-8-7(5-13)9(10)12(11-8)3-4-17(2,14)15/h5H,3-4,6H2,1-2H3. The van der Waals surface area contributed by atoms with Crippen LogP contribution in [0.4, 0.5) is 0 Å². The zero-order valence-corrected chi connectivity index (χ0v) is 11.1. The van der Waals surface area contributed by atoms with E-state index >= 15 is 0 Å². The van der Waals surface area contributed by atoms with E-state index in [0.29, 0.717) is 12.0 Å². The summed E-state index contributed by atoms with van der Waals surface area (Å²) in [6, 6.07) is 0. The SMILES string of the molecule is COCc1nn(CCS(C)(=O)=O)c(Cl)c1C=O. The first-order valence-corrected chi connectivity index (χ1v) is 7.20. The Bertz CT molecular complexity index is 509. The molecule has 0 amide bonds. The average Bonchev–Trinajstić information content (AvgIpc) is 2.51. The fraction of sp³-hybridized carbons (Fsp3) is 0.556. The minimum atomic E-state index is -3.10. The molecule has 0 saturated carbocycles. The number of ether oxygens (including phenoxy) is 1. The van der Waals surface area contributed by atoms with Crippen LogP contribution in [0.15, 0.2) is 0 Å². The van der Waals surface area contributed by atoms with Crippen molar-refractivity contribution in [3.63, 3.8) is 0 Å². The number of aromatic nitrogens is 2. The van der Waals surface area contributed by atoms with Gasteiger partial charge in [-0.3, -0.25) is 9.48 Å². The van der Waals surface area contributed by atoms with Crippen molar-refractivity contribution < 1.29 is 17.9 Å². The summed E-state index contributed by atoms with van der Waals surface area (Å²) < 4.78 is 28.2. The molecule has 0 atom stereocenters. The molecule has 1 heterocycles. The van der Waals surface area contributed by atoms with Crippen molar-refractivity contribution in [1.82, 2.24) is 9.78 Å². The van der Waals surface area contributed by atoms with E-state index < -0.39 is 9.84 Å². The fourth-order valence-electron chi connectivity index (χ4n) is 1.26. The van der Waals surface area contributed by atoms with E-state index in [-0.39, 0.29) is 29.6 Å². The lowest BCUT2D eigenvalue weighted by molar-refractivity contribution is 0.111. The Morgan fingerprint density at radius 2 is 2.18 bits per heavy atom. The van der Waals surface area contributed by atoms with Crippen LogP contribution in [0, 0.1) is 0 Å². The van der Waals surface area contributed by atoms with Crippen molar-refractivity contribution >= 4 is 27.7 Å². The van der Waals surface area contributed by atoms with Gasteiger partial charge >= 0.3 is 0 Å². The first-order chi connectivity index (χ1) is 7.89. The van der Waals surface area contributed by atoms with E-state index in [1.165, 1.54) is 11.8 Å². The van der Waals surface area contributed by atoms with Crippen molar-refractivity contribution in [1.29, 1.82) is 0 Å². The molecular weight excluding hydrogens is 268 g/mol. The molecule has 0 aromatic carbocycles. The number of aldehydes is 1. The molecule has 6 nitrogen and oxygen atoms in total. The highest BCUT2D eigenvalue weighted by Gasteiger charge is 2.16. The summed E-state index contributed by atoms with van der Waals surface area (Å²) in [6.07, 6.45) is 1.71. The number of sulfone groups is 1. The summed E-state index contributed by atoms with van der Waals surface area (Å²) in [5.74, 6) is -0.0842. The number of rotatable bonds is 6. The van der Waals surface area contributed by atoms with Crippen LogP contribution in [0.3, 0.4) is 0 Å². The Balaban J connectivity index is 2.97. The van der Waals surface area contributed by atoms with Gasteiger partial charge in [0.25, 0.3) is 0 Å². The lowest BCUT2D eigenvalue weighted by Crippen LogP contribution is -2.12. The summed E-state index contributed by atoms with van der Waals surface area (Å²) >= 11 is 5.91. The highest BCUT2D eigenvalue weighted by Crippen LogP contribution is 2.18. The van der Waals surface area contributed by atoms with Crippen molar-refractivity contribution in [3.05, 3.63) is 16.4 Å². The van der Waals surface area contributed by atoms with Gasteiger partial charge in [0.1, 0.15) is 20.7 Å². The molecule has 0 saturated heterocycles. The predicted octanol–water partition coefficient (Wildman–Crippen LogP) is 0.540. The summed E-state index contributed by atoms with van der Waals surface area (Å²) in [4.78, 5) is 10.8. The Labute approximate surface area is 104 Å². The first-order valence-electron chi connectivity index (χ1n) is 4.76. The van der Waals surface area contributed by atoms with Gasteiger partial charge in [-0.05, 0) is 0 Å². The van der Waals surface area contributed by atoms with Crippen molar-refractivity contribution in [2.45, 2.75) is 13.2 Å². The summed E-state index contributed by atoms with van der Waals surface area (Å²) in [7, 11) is -1.63. The molecule has 0 spiro atoms. The van der Waals surface area contributed by atoms with Gasteiger partial charge in [0.15, 0.2) is 6.29 Å². The Hall–Kier alpha value is -0.920. The number of halogens is 1. The van der Waals surface area contributed by atoms with Gasteiger partial charge < -0.3 is 4.74 Å². The number of carbonyl (C=O) groups excluding carboxylic acids is 1. The zero-order valence-electron chi connectivity index (χ0n) is 9.51. The van der Waals surface area contributed by atoms with Gasteiger partial charge in [0.2, 0.25) is 0 Å². The molecule has 0 radical (unpaired) electrons. The number of hydrogen-bond donors (Lipinski definition) is 0. The molecule has 0 aliphatic rings. The Morgan fingerprint density at radius 3 is 2.65 bits per heavy atom. The van der Waals surface area contributed by atoms with Crippen LogP contribution in [0.1, 0.15) is 16.1 Å². The second-order valence-electron chi connectivity index (χ2n) is 3.56. The zero-order chi connectivity index (χ0) is 13.1. The van der Waals surface area contributed by atoms with E-state index in [4.69, 9.17) is 16.3 Å². The van der Waals surface area contributed by atoms with E-state index in [9.17, 15) is 13.2 Å². The molecule has 0 fully saturated rings. The molecule has 96 valence electrons. The number of methoxy groups -OCH3 is 1. The van der Waals surface area contributed by atoms with Crippen LogP contribution >= 0.6 is 11.6 Å². The number of nitrogens with zero attached hydrogens (tertiary/aromatic N) is 2. The monoisotopic (exact) mass is 280 g/mol. The Kier molecular flexibility index (Phi) is 4.67. The molecule has 1 rings (SSSR count). The molecule has 1 aromatic rings. The van der Waals surface area contributed by atoms with Crippen LogP contribution in [-0.4, -0.2) is 43.6 Å². The quantitative estimate of drug-likeness (QED) is 0.711. The minimum Gasteiger partial charge on any atom is -0.378 e. The second-order valence-corrected chi connectivity index (χ2v) is 6.17. The third-order valence-electron chi connectivity index (χ3n) is 2.07. The number of carbonyl (C=O) groups is 1. The normalized spacial score (nSPS) is 11.7. The first kappa shape index (κ1) is 14.1. The van der Waals surface area contributed by atoms with Gasteiger partial charge in [0, 0.05) is 13.4 Å². The van der Waals surface area contributed by atoms with E-state index in [1.54, 1.807) is 0 Å². The molecule has 0 N–H and O–H groups in total. The third kappa shape index (κ3) is 3.79. The molecule has 0 aliphatic heterocycles. The van der Waals surface area contributed by atoms with Gasteiger partial charge in [-0.1, -0.05) is 11.6 Å². The molecular formula is C9H13ClN2O4S. The smallest absolute Gasteiger partial charge is 0.155 e. The van der Waals surface area contributed by atoms with Gasteiger partial charge in [-0.2, -0.15) is 5.10 Å². The minimum absolute atomic E-state index is 0.0842. The van der Waals surface area contributed by atoms with E-state index in [1.807, 2.05) is 0 Å². The van der Waals surface area contributed by atoms with Gasteiger partial charge in [0.05, 0.1) is 24.5 Å². The van der Waals surface area contributed by atoms with Gasteiger partial charge in [-0.15, -0.1) is 0 Å². The molecule has 8 heteroatoms. The lowest BCUT2D eigenvalue weighted by Gasteiger charge is -2.01. The molecule has 0 bridgehead atoms. The van der Waals surface area contributed by atoms with E-state index in [0.717, 1.165) is 6.26 Å². The van der Waals surface area contributed by atoms with Crippen LogP contribution < -0.4 is 0 Å². The van der Waals surface area contributed by atoms with Crippen LogP contribution in [0.25, 0.3) is 0 Å². The van der Waals surface area contributed by atoms with Crippen LogP contribution in [0.2, 0.25) is 5.15 Å². The van der Waals surface area contributed by atoms with Crippen LogP contribution in [0.5, 0.6) is 0 Å². The largest absolute Gasteiger partial charge is 0.378 e. The molecule has 0 unspecified atom stereocenters. The Morgan fingerprint density at radius 1 is 1.53 bits per heavy atom. The lowest BCUT2D eigenvalue weighted by atomic mass is 10.3. The summed E-state index contributed by atoms with van der Waals surface area (Å²) in [6.45, 7) is 0.266. The summed E-state index contributed by atoms with van der Waals surface area (Å²) in [5.41, 5.74) is 0.642. The second kappa shape index (κ2) is 5.61. The number of aryl methyl sites for hydroxylation is 1. The van der Waals surface area contributed by atoms with Crippen molar-refractivity contribution in [2.24, 2.45) is 0 Å². The van der Waals surface area contributed by atoms with Crippen molar-refractivity contribution in [2.75, 3.05) is 19.1 Å². The number of hydrogen-bond acceptors (Lipinski definition) is 5. The summed E-state index contributed by atoms with van der Waals surface area (Å²) in [5, 5.41) is 4.17. The van der Waals surface area contributed by atoms with Crippen molar-refractivity contribution in [3.8, 4) is 0 Å². The highest BCUT2D eigenvalue weighted by atomic mass is 35.5. The highest BCUT2D eigenvalue weighted by molar-refractivity contribution is 7.90. The fourth-order valence-corrected chi connectivity index (χ4v) is 2.04. The molecule has 1 aromatic heterocycles. The molecule has 17 heavy (non-hydrogen) atoms.